The second kappa shape index (κ2) is 9.26. The highest BCUT2D eigenvalue weighted by atomic mass is 35.5. The summed E-state index contributed by atoms with van der Waals surface area (Å²) < 4.78 is 4.95. The fourth-order valence-corrected chi connectivity index (χ4v) is 3.88. The van der Waals surface area contributed by atoms with Crippen LogP contribution in [-0.4, -0.2) is 67.2 Å². The fraction of sp³-hybridized carbons (Fsp3) is 0.318. The van der Waals surface area contributed by atoms with Gasteiger partial charge in [0, 0.05) is 48.1 Å². The van der Waals surface area contributed by atoms with Gasteiger partial charge in [-0.2, -0.15) is 0 Å². The van der Waals surface area contributed by atoms with Gasteiger partial charge in [0.1, 0.15) is 6.61 Å². The number of ether oxygens (including phenoxy) is 1. The molecule has 4 rings (SSSR count). The van der Waals surface area contributed by atoms with Gasteiger partial charge in [0.15, 0.2) is 0 Å². The van der Waals surface area contributed by atoms with Crippen LogP contribution in [0, 0.1) is 0 Å². The SMILES string of the molecule is O=C(Nc1cccc(Cl)c1)N1CCCN(C(=O)c2ccc(N3CCOC3=O)cc2)CC1. The second-order valence-corrected chi connectivity index (χ2v) is 7.82. The minimum Gasteiger partial charge on any atom is -0.447 e. The van der Waals surface area contributed by atoms with Crippen LogP contribution in [0.4, 0.5) is 21.0 Å². The van der Waals surface area contributed by atoms with Gasteiger partial charge in [0.05, 0.1) is 6.54 Å². The first-order valence-electron chi connectivity index (χ1n) is 10.2. The summed E-state index contributed by atoms with van der Waals surface area (Å²) in [5.74, 6) is -0.0901. The van der Waals surface area contributed by atoms with E-state index in [4.69, 9.17) is 16.3 Å². The molecule has 162 valence electrons. The number of amides is 4. The molecule has 2 aromatic rings. The predicted octanol–water partition coefficient (Wildman–Crippen LogP) is 3.68. The number of cyclic esters (lactones) is 1. The third-order valence-corrected chi connectivity index (χ3v) is 5.57. The quantitative estimate of drug-likeness (QED) is 0.786. The fourth-order valence-electron chi connectivity index (χ4n) is 3.69. The van der Waals surface area contributed by atoms with Crippen LogP contribution >= 0.6 is 11.6 Å². The Morgan fingerprint density at radius 2 is 1.68 bits per heavy atom. The van der Waals surface area contributed by atoms with E-state index in [-0.39, 0.29) is 18.0 Å². The van der Waals surface area contributed by atoms with Crippen molar-refractivity contribution < 1.29 is 19.1 Å². The molecule has 0 spiro atoms. The number of hydrogen-bond donors (Lipinski definition) is 1. The molecule has 2 aliphatic heterocycles. The summed E-state index contributed by atoms with van der Waals surface area (Å²) in [5.41, 5.74) is 1.89. The van der Waals surface area contributed by atoms with Crippen molar-refractivity contribution in [2.75, 3.05) is 49.5 Å². The minimum atomic E-state index is -0.372. The Bertz CT molecular complexity index is 982. The molecule has 2 aliphatic rings. The van der Waals surface area contributed by atoms with Gasteiger partial charge in [-0.25, -0.2) is 9.59 Å². The maximum atomic E-state index is 12.9. The van der Waals surface area contributed by atoms with E-state index in [1.165, 1.54) is 4.90 Å². The van der Waals surface area contributed by atoms with Crippen LogP contribution in [0.5, 0.6) is 0 Å². The number of nitrogens with zero attached hydrogens (tertiary/aromatic N) is 3. The van der Waals surface area contributed by atoms with Crippen molar-refractivity contribution in [1.29, 1.82) is 0 Å². The highest BCUT2D eigenvalue weighted by molar-refractivity contribution is 6.30. The van der Waals surface area contributed by atoms with E-state index in [1.54, 1.807) is 58.3 Å². The molecule has 1 N–H and O–H groups in total. The first-order chi connectivity index (χ1) is 15.0. The van der Waals surface area contributed by atoms with Crippen molar-refractivity contribution in [2.45, 2.75) is 6.42 Å². The third-order valence-electron chi connectivity index (χ3n) is 5.33. The lowest BCUT2D eigenvalue weighted by Gasteiger charge is -2.23. The molecule has 9 heteroatoms. The predicted molar refractivity (Wildman–Crippen MR) is 118 cm³/mol. The van der Waals surface area contributed by atoms with E-state index in [9.17, 15) is 14.4 Å². The van der Waals surface area contributed by atoms with Gasteiger partial charge in [0.25, 0.3) is 5.91 Å². The highest BCUT2D eigenvalue weighted by Gasteiger charge is 2.25. The van der Waals surface area contributed by atoms with Crippen molar-refractivity contribution in [1.82, 2.24) is 9.80 Å². The number of carbonyl (C=O) groups excluding carboxylic acids is 3. The third kappa shape index (κ3) is 4.91. The molecule has 0 atom stereocenters. The van der Waals surface area contributed by atoms with Crippen LogP contribution in [0.3, 0.4) is 0 Å². The molecule has 0 bridgehead atoms. The van der Waals surface area contributed by atoms with Crippen molar-refractivity contribution >= 4 is 41.0 Å². The van der Waals surface area contributed by atoms with Crippen LogP contribution in [-0.2, 0) is 4.74 Å². The molecule has 2 aromatic carbocycles. The largest absolute Gasteiger partial charge is 0.447 e. The molecule has 0 aliphatic carbocycles. The Morgan fingerprint density at radius 3 is 2.39 bits per heavy atom. The summed E-state index contributed by atoms with van der Waals surface area (Å²) >= 11 is 5.97. The Labute approximate surface area is 185 Å². The van der Waals surface area contributed by atoms with Crippen molar-refractivity contribution in [3.8, 4) is 0 Å². The standard InChI is InChI=1S/C22H23ClN4O4/c23-17-3-1-4-18(15-17)24-21(29)26-10-2-9-25(11-12-26)20(28)16-5-7-19(8-6-16)27-13-14-31-22(27)30/h1,3-8,15H,2,9-14H2,(H,24,29). The molecule has 0 aromatic heterocycles. The van der Waals surface area contributed by atoms with E-state index >= 15 is 0 Å². The molecule has 0 unspecified atom stereocenters. The Balaban J connectivity index is 1.35. The lowest BCUT2D eigenvalue weighted by molar-refractivity contribution is 0.0762. The highest BCUT2D eigenvalue weighted by Crippen LogP contribution is 2.20. The van der Waals surface area contributed by atoms with Crippen molar-refractivity contribution in [3.63, 3.8) is 0 Å². The number of carbonyl (C=O) groups is 3. The van der Waals surface area contributed by atoms with E-state index in [2.05, 4.69) is 5.32 Å². The zero-order valence-corrected chi connectivity index (χ0v) is 17.7. The number of benzene rings is 2. The molecular formula is C22H23ClN4O4. The molecular weight excluding hydrogens is 420 g/mol. The average Bonchev–Trinajstić information content (AvgIpc) is 3.04. The zero-order valence-electron chi connectivity index (χ0n) is 16.9. The molecule has 2 fully saturated rings. The van der Waals surface area contributed by atoms with Gasteiger partial charge in [-0.05, 0) is 48.9 Å². The Morgan fingerprint density at radius 1 is 0.935 bits per heavy atom. The Kier molecular flexibility index (Phi) is 6.27. The molecule has 8 nitrogen and oxygen atoms in total. The monoisotopic (exact) mass is 442 g/mol. The van der Waals surface area contributed by atoms with Gasteiger partial charge in [0.2, 0.25) is 0 Å². The lowest BCUT2D eigenvalue weighted by Crippen LogP contribution is -2.39. The second-order valence-electron chi connectivity index (χ2n) is 7.39. The van der Waals surface area contributed by atoms with Crippen LogP contribution in [0.25, 0.3) is 0 Å². The van der Waals surface area contributed by atoms with Gasteiger partial charge in [-0.3, -0.25) is 9.69 Å². The van der Waals surface area contributed by atoms with E-state index in [0.29, 0.717) is 67.7 Å². The van der Waals surface area contributed by atoms with E-state index in [1.807, 2.05) is 0 Å². The van der Waals surface area contributed by atoms with Gasteiger partial charge in [-0.15, -0.1) is 0 Å². The average molecular weight is 443 g/mol. The summed E-state index contributed by atoms with van der Waals surface area (Å²) in [6.07, 6.45) is 0.314. The lowest BCUT2D eigenvalue weighted by atomic mass is 10.1. The molecule has 0 radical (unpaired) electrons. The number of nitrogens with one attached hydrogen (secondary N) is 1. The normalized spacial score (nSPS) is 16.7. The summed E-state index contributed by atoms with van der Waals surface area (Å²) in [7, 11) is 0. The number of urea groups is 1. The number of rotatable bonds is 3. The Hall–Kier alpha value is -3.26. The zero-order chi connectivity index (χ0) is 21.8. The molecule has 2 heterocycles. The van der Waals surface area contributed by atoms with Gasteiger partial charge < -0.3 is 19.9 Å². The summed E-state index contributed by atoms with van der Waals surface area (Å²) in [4.78, 5) is 42.2. The maximum absolute atomic E-state index is 12.9. The van der Waals surface area contributed by atoms with Crippen molar-refractivity contribution in [3.05, 3.63) is 59.1 Å². The van der Waals surface area contributed by atoms with Crippen molar-refractivity contribution in [2.24, 2.45) is 0 Å². The topological polar surface area (TPSA) is 82.2 Å². The maximum Gasteiger partial charge on any atom is 0.414 e. The minimum absolute atomic E-state index is 0.0901. The molecule has 31 heavy (non-hydrogen) atoms. The van der Waals surface area contributed by atoms with Crippen LogP contribution in [0.15, 0.2) is 48.5 Å². The number of anilines is 2. The number of hydrogen-bond acceptors (Lipinski definition) is 4. The first kappa shape index (κ1) is 21.0. The van der Waals surface area contributed by atoms with E-state index in [0.717, 1.165) is 0 Å². The van der Waals surface area contributed by atoms with Crippen LogP contribution in [0.2, 0.25) is 5.02 Å². The van der Waals surface area contributed by atoms with Crippen LogP contribution < -0.4 is 10.2 Å². The summed E-state index contributed by atoms with van der Waals surface area (Å²) in [6, 6.07) is 13.7. The van der Waals surface area contributed by atoms with Crippen LogP contribution in [0.1, 0.15) is 16.8 Å². The summed E-state index contributed by atoms with van der Waals surface area (Å²) in [6.45, 7) is 2.89. The smallest absolute Gasteiger partial charge is 0.414 e. The molecule has 0 saturated carbocycles. The molecule has 4 amide bonds. The summed E-state index contributed by atoms with van der Waals surface area (Å²) in [5, 5.41) is 3.40. The van der Waals surface area contributed by atoms with E-state index < -0.39 is 0 Å². The van der Waals surface area contributed by atoms with Gasteiger partial charge in [-0.1, -0.05) is 17.7 Å². The molecule has 2 saturated heterocycles. The first-order valence-corrected chi connectivity index (χ1v) is 10.5. The number of halogens is 1. The van der Waals surface area contributed by atoms with Gasteiger partial charge >= 0.3 is 12.1 Å².